The molecule has 1 atom stereocenters. The summed E-state index contributed by atoms with van der Waals surface area (Å²) in [5, 5.41) is 13.5. The molecule has 1 aliphatic rings. The Kier molecular flexibility index (Phi) is 6.10. The second kappa shape index (κ2) is 8.73. The van der Waals surface area contributed by atoms with E-state index in [0.29, 0.717) is 11.3 Å². The van der Waals surface area contributed by atoms with Gasteiger partial charge in [-0.15, -0.1) is 0 Å². The molecule has 1 heterocycles. The van der Waals surface area contributed by atoms with E-state index in [-0.39, 0.29) is 30.2 Å². The van der Waals surface area contributed by atoms with Crippen molar-refractivity contribution in [2.24, 2.45) is 5.92 Å². The average molecular weight is 411 g/mol. The van der Waals surface area contributed by atoms with Crippen LogP contribution in [0.25, 0.3) is 0 Å². The van der Waals surface area contributed by atoms with Crippen molar-refractivity contribution < 1.29 is 24.0 Å². The van der Waals surface area contributed by atoms with Crippen LogP contribution in [-0.2, 0) is 19.1 Å². The molecule has 2 aromatic rings. The van der Waals surface area contributed by atoms with Crippen molar-refractivity contribution in [3.05, 3.63) is 63.7 Å². The molecule has 0 aromatic heterocycles. The normalized spacial score (nSPS) is 15.7. The Hall–Kier alpha value is -3.75. The molecule has 2 aromatic carbocycles. The molecule has 1 N–H and O–H groups in total. The Morgan fingerprint density at radius 2 is 1.90 bits per heavy atom. The number of nitrogens with zero attached hydrogens (tertiary/aromatic N) is 2. The summed E-state index contributed by atoms with van der Waals surface area (Å²) < 4.78 is 5.05. The van der Waals surface area contributed by atoms with Crippen molar-refractivity contribution in [2.75, 3.05) is 23.4 Å². The van der Waals surface area contributed by atoms with Crippen molar-refractivity contribution in [3.8, 4) is 0 Å². The van der Waals surface area contributed by atoms with E-state index in [1.807, 2.05) is 31.2 Å². The van der Waals surface area contributed by atoms with Crippen LogP contribution >= 0.6 is 0 Å². The average Bonchev–Trinajstić information content (AvgIpc) is 3.10. The molecule has 9 nitrogen and oxygen atoms in total. The third kappa shape index (κ3) is 4.62. The lowest BCUT2D eigenvalue weighted by atomic mass is 10.1. The first-order chi connectivity index (χ1) is 14.3. The number of aryl methyl sites for hydroxylation is 2. The molecular weight excluding hydrogens is 390 g/mol. The summed E-state index contributed by atoms with van der Waals surface area (Å²) in [5.41, 5.74) is 2.08. The van der Waals surface area contributed by atoms with Crippen LogP contribution in [0.5, 0.6) is 0 Å². The van der Waals surface area contributed by atoms with E-state index in [1.165, 1.54) is 17.0 Å². The third-order valence-corrected chi connectivity index (χ3v) is 4.86. The molecule has 0 saturated carbocycles. The first-order valence-electron chi connectivity index (χ1n) is 9.34. The zero-order valence-corrected chi connectivity index (χ0v) is 16.6. The number of carbonyl (C=O) groups excluding carboxylic acids is 3. The van der Waals surface area contributed by atoms with Crippen LogP contribution in [-0.4, -0.2) is 35.9 Å². The number of carbonyl (C=O) groups is 3. The van der Waals surface area contributed by atoms with E-state index in [9.17, 15) is 24.5 Å². The van der Waals surface area contributed by atoms with Crippen LogP contribution in [0.2, 0.25) is 0 Å². The number of para-hydroxylation sites is 1. The fourth-order valence-electron chi connectivity index (χ4n) is 3.24. The second-order valence-corrected chi connectivity index (χ2v) is 7.12. The summed E-state index contributed by atoms with van der Waals surface area (Å²) in [5.74, 6) is -2.23. The molecule has 0 radical (unpaired) electrons. The van der Waals surface area contributed by atoms with Gasteiger partial charge >= 0.3 is 5.97 Å². The molecule has 1 fully saturated rings. The molecule has 0 unspecified atom stereocenters. The molecule has 30 heavy (non-hydrogen) atoms. The lowest BCUT2D eigenvalue weighted by Crippen LogP contribution is -2.28. The van der Waals surface area contributed by atoms with Gasteiger partial charge in [0.1, 0.15) is 5.69 Å². The minimum Gasteiger partial charge on any atom is -0.455 e. The monoisotopic (exact) mass is 411 g/mol. The molecule has 2 amide bonds. The smallest absolute Gasteiger partial charge is 0.311 e. The van der Waals surface area contributed by atoms with Crippen molar-refractivity contribution in [1.29, 1.82) is 0 Å². The van der Waals surface area contributed by atoms with Crippen LogP contribution in [0, 0.1) is 29.9 Å². The summed E-state index contributed by atoms with van der Waals surface area (Å²) in [4.78, 5) is 48.8. The van der Waals surface area contributed by atoms with Crippen molar-refractivity contribution >= 4 is 34.8 Å². The third-order valence-electron chi connectivity index (χ3n) is 4.86. The van der Waals surface area contributed by atoms with Gasteiger partial charge < -0.3 is 15.0 Å². The number of nitrogens with one attached hydrogen (secondary N) is 1. The van der Waals surface area contributed by atoms with E-state index in [2.05, 4.69) is 5.32 Å². The highest BCUT2D eigenvalue weighted by atomic mass is 16.6. The number of ether oxygens (including phenoxy) is 1. The lowest BCUT2D eigenvalue weighted by Gasteiger charge is -2.16. The highest BCUT2D eigenvalue weighted by molar-refractivity contribution is 6.00. The summed E-state index contributed by atoms with van der Waals surface area (Å²) >= 11 is 0. The molecule has 9 heteroatoms. The van der Waals surface area contributed by atoms with Gasteiger partial charge in [0.05, 0.1) is 10.8 Å². The lowest BCUT2D eigenvalue weighted by molar-refractivity contribution is -0.384. The minimum atomic E-state index is -0.694. The van der Waals surface area contributed by atoms with Crippen LogP contribution in [0.4, 0.5) is 17.1 Å². The molecule has 156 valence electrons. The van der Waals surface area contributed by atoms with Gasteiger partial charge in [-0.05, 0) is 31.5 Å². The van der Waals surface area contributed by atoms with Crippen molar-refractivity contribution in [1.82, 2.24) is 0 Å². The topological polar surface area (TPSA) is 119 Å². The number of hydrogen-bond donors (Lipinski definition) is 1. The highest BCUT2D eigenvalue weighted by Crippen LogP contribution is 2.28. The standard InChI is InChI=1S/C21H21N3O6/c1-13-6-8-16(9-7-13)23-11-15(10-19(23)26)21(27)30-12-18(25)22-20-14(2)4-3-5-17(20)24(28)29/h3-9,15H,10-12H2,1-2H3,(H,22,25)/t15-/m1/s1. The summed E-state index contributed by atoms with van der Waals surface area (Å²) in [7, 11) is 0. The Labute approximate surface area is 172 Å². The maximum Gasteiger partial charge on any atom is 0.311 e. The molecule has 1 saturated heterocycles. The van der Waals surface area contributed by atoms with E-state index in [1.54, 1.807) is 13.0 Å². The van der Waals surface area contributed by atoms with Gasteiger partial charge in [-0.25, -0.2) is 0 Å². The van der Waals surface area contributed by atoms with Gasteiger partial charge in [0.2, 0.25) is 5.91 Å². The van der Waals surface area contributed by atoms with Crippen LogP contribution in [0.1, 0.15) is 17.5 Å². The number of rotatable bonds is 6. The van der Waals surface area contributed by atoms with E-state index >= 15 is 0 Å². The predicted octanol–water partition coefficient (Wildman–Crippen LogP) is 2.75. The highest BCUT2D eigenvalue weighted by Gasteiger charge is 2.36. The van der Waals surface area contributed by atoms with Gasteiger partial charge in [0, 0.05) is 24.7 Å². The van der Waals surface area contributed by atoms with Crippen molar-refractivity contribution in [2.45, 2.75) is 20.3 Å². The van der Waals surface area contributed by atoms with Gasteiger partial charge in [-0.3, -0.25) is 24.5 Å². The number of nitro groups is 1. The Balaban J connectivity index is 1.57. The molecule has 3 rings (SSSR count). The molecule has 0 aliphatic carbocycles. The Morgan fingerprint density at radius 1 is 1.20 bits per heavy atom. The molecule has 0 bridgehead atoms. The fourth-order valence-corrected chi connectivity index (χ4v) is 3.24. The SMILES string of the molecule is Cc1ccc(N2C[C@H](C(=O)OCC(=O)Nc3c(C)cccc3[N+](=O)[O-])CC2=O)cc1. The van der Waals surface area contributed by atoms with E-state index < -0.39 is 29.3 Å². The maximum atomic E-state index is 12.3. The van der Waals surface area contributed by atoms with Crippen molar-refractivity contribution in [3.63, 3.8) is 0 Å². The molecule has 0 spiro atoms. The zero-order valence-electron chi connectivity index (χ0n) is 16.6. The Bertz CT molecular complexity index is 1000. The second-order valence-electron chi connectivity index (χ2n) is 7.12. The largest absolute Gasteiger partial charge is 0.455 e. The number of hydrogen-bond acceptors (Lipinski definition) is 6. The molecule has 1 aliphatic heterocycles. The molecular formula is C21H21N3O6. The summed E-state index contributed by atoms with van der Waals surface area (Å²) in [6, 6.07) is 11.8. The summed E-state index contributed by atoms with van der Waals surface area (Å²) in [6.07, 6.45) is -0.00239. The number of esters is 1. The van der Waals surface area contributed by atoms with Gasteiger partial charge in [-0.1, -0.05) is 29.8 Å². The van der Waals surface area contributed by atoms with Gasteiger partial charge in [-0.2, -0.15) is 0 Å². The maximum absolute atomic E-state index is 12.3. The van der Waals surface area contributed by atoms with Crippen LogP contribution in [0.15, 0.2) is 42.5 Å². The fraction of sp³-hybridized carbons (Fsp3) is 0.286. The predicted molar refractivity (Wildman–Crippen MR) is 109 cm³/mol. The summed E-state index contributed by atoms with van der Waals surface area (Å²) in [6.45, 7) is 3.13. The minimum absolute atomic E-state index is 0.00239. The first-order valence-corrected chi connectivity index (χ1v) is 9.34. The van der Waals surface area contributed by atoms with Gasteiger partial charge in [0.25, 0.3) is 11.6 Å². The Morgan fingerprint density at radius 3 is 2.57 bits per heavy atom. The first kappa shape index (κ1) is 21.0. The number of nitro benzene ring substituents is 1. The zero-order chi connectivity index (χ0) is 21.8. The number of amides is 2. The quantitative estimate of drug-likeness (QED) is 0.443. The van der Waals surface area contributed by atoms with Crippen LogP contribution in [0.3, 0.4) is 0 Å². The van der Waals surface area contributed by atoms with Crippen LogP contribution < -0.4 is 10.2 Å². The number of anilines is 2. The van der Waals surface area contributed by atoms with E-state index in [4.69, 9.17) is 4.74 Å². The van der Waals surface area contributed by atoms with E-state index in [0.717, 1.165) is 5.56 Å². The van der Waals surface area contributed by atoms with Gasteiger partial charge in [0.15, 0.2) is 6.61 Å². The number of benzene rings is 2.